The standard InChI is InChI=1S/C6H12ClN/c1-3-4-8-6(2)5-7/h3,6,8H,1,4-5H2,2H3. The molecule has 0 amide bonds. The molecule has 0 heterocycles. The molecule has 0 spiro atoms. The van der Waals surface area contributed by atoms with Crippen LogP contribution < -0.4 is 5.32 Å². The third-order valence-electron chi connectivity index (χ3n) is 0.842. The van der Waals surface area contributed by atoms with Crippen molar-refractivity contribution in [2.75, 3.05) is 12.4 Å². The number of hydrogen-bond acceptors (Lipinski definition) is 1. The van der Waals surface area contributed by atoms with Crippen LogP contribution in [0.1, 0.15) is 6.92 Å². The second-order valence-corrected chi connectivity index (χ2v) is 2.06. The quantitative estimate of drug-likeness (QED) is 0.452. The summed E-state index contributed by atoms with van der Waals surface area (Å²) in [7, 11) is 0. The third-order valence-corrected chi connectivity index (χ3v) is 1.31. The Morgan fingerprint density at radius 2 is 2.50 bits per heavy atom. The third kappa shape index (κ3) is 4.16. The Hall–Kier alpha value is -0.0100. The second kappa shape index (κ2) is 5.13. The van der Waals surface area contributed by atoms with Gasteiger partial charge in [-0.1, -0.05) is 6.08 Å². The minimum atomic E-state index is 0.398. The summed E-state index contributed by atoms with van der Waals surface area (Å²) in [6, 6.07) is 0.398. The van der Waals surface area contributed by atoms with Crippen LogP contribution in [0.5, 0.6) is 0 Å². The molecule has 0 aliphatic heterocycles. The van der Waals surface area contributed by atoms with Gasteiger partial charge in [-0.3, -0.25) is 0 Å². The zero-order valence-corrected chi connectivity index (χ0v) is 5.91. The Morgan fingerprint density at radius 1 is 1.88 bits per heavy atom. The van der Waals surface area contributed by atoms with Crippen molar-refractivity contribution in [2.45, 2.75) is 13.0 Å². The van der Waals surface area contributed by atoms with Gasteiger partial charge in [0, 0.05) is 18.5 Å². The Morgan fingerprint density at radius 3 is 2.88 bits per heavy atom. The molecule has 0 aromatic heterocycles. The Labute approximate surface area is 55.7 Å². The first-order valence-electron chi connectivity index (χ1n) is 2.71. The van der Waals surface area contributed by atoms with E-state index in [4.69, 9.17) is 11.6 Å². The maximum Gasteiger partial charge on any atom is 0.0374 e. The van der Waals surface area contributed by atoms with Crippen LogP contribution in [0, 0.1) is 0 Å². The summed E-state index contributed by atoms with van der Waals surface area (Å²) in [5.74, 6) is 0.661. The van der Waals surface area contributed by atoms with Gasteiger partial charge in [0.2, 0.25) is 0 Å². The van der Waals surface area contributed by atoms with Gasteiger partial charge < -0.3 is 5.32 Å². The van der Waals surface area contributed by atoms with E-state index in [0.717, 1.165) is 6.54 Å². The van der Waals surface area contributed by atoms with E-state index in [2.05, 4.69) is 11.9 Å². The number of alkyl halides is 1. The molecular formula is C6H12ClN. The Kier molecular flexibility index (Phi) is 5.13. The fourth-order valence-corrected chi connectivity index (χ4v) is 0.448. The minimum absolute atomic E-state index is 0.398. The van der Waals surface area contributed by atoms with Crippen LogP contribution in [0.4, 0.5) is 0 Å². The molecule has 1 unspecified atom stereocenters. The molecule has 1 nitrogen and oxygen atoms in total. The molecule has 1 N–H and O–H groups in total. The highest BCUT2D eigenvalue weighted by Crippen LogP contribution is 1.83. The van der Waals surface area contributed by atoms with Crippen molar-refractivity contribution in [3.63, 3.8) is 0 Å². The summed E-state index contributed by atoms with van der Waals surface area (Å²) >= 11 is 5.49. The monoisotopic (exact) mass is 133 g/mol. The van der Waals surface area contributed by atoms with Crippen molar-refractivity contribution >= 4 is 11.6 Å². The fraction of sp³-hybridized carbons (Fsp3) is 0.667. The summed E-state index contributed by atoms with van der Waals surface area (Å²) in [5.41, 5.74) is 0. The molecule has 0 saturated heterocycles. The van der Waals surface area contributed by atoms with Gasteiger partial charge >= 0.3 is 0 Å². The van der Waals surface area contributed by atoms with Crippen LogP contribution in [0.3, 0.4) is 0 Å². The zero-order chi connectivity index (χ0) is 6.41. The van der Waals surface area contributed by atoms with E-state index in [9.17, 15) is 0 Å². The topological polar surface area (TPSA) is 12.0 Å². The van der Waals surface area contributed by atoms with Crippen LogP contribution in [-0.4, -0.2) is 18.5 Å². The Bertz CT molecular complexity index is 63.5. The molecule has 0 aromatic rings. The molecule has 0 bridgehead atoms. The van der Waals surface area contributed by atoms with Crippen molar-refractivity contribution in [2.24, 2.45) is 0 Å². The lowest BCUT2D eigenvalue weighted by Gasteiger charge is -2.05. The maximum atomic E-state index is 5.49. The van der Waals surface area contributed by atoms with Gasteiger partial charge in [-0.05, 0) is 6.92 Å². The van der Waals surface area contributed by atoms with Gasteiger partial charge in [-0.2, -0.15) is 0 Å². The lowest BCUT2D eigenvalue weighted by atomic mass is 10.4. The fourth-order valence-electron chi connectivity index (χ4n) is 0.339. The van der Waals surface area contributed by atoms with Gasteiger partial charge in [0.05, 0.1) is 0 Å². The van der Waals surface area contributed by atoms with Crippen LogP contribution in [0.15, 0.2) is 12.7 Å². The summed E-state index contributed by atoms with van der Waals surface area (Å²) in [6.07, 6.45) is 1.82. The lowest BCUT2D eigenvalue weighted by molar-refractivity contribution is 0.638. The van der Waals surface area contributed by atoms with Crippen molar-refractivity contribution in [3.8, 4) is 0 Å². The lowest BCUT2D eigenvalue weighted by Crippen LogP contribution is -2.27. The zero-order valence-electron chi connectivity index (χ0n) is 5.15. The smallest absolute Gasteiger partial charge is 0.0374 e. The van der Waals surface area contributed by atoms with Crippen molar-refractivity contribution in [1.82, 2.24) is 5.32 Å². The van der Waals surface area contributed by atoms with E-state index in [-0.39, 0.29) is 0 Å². The number of hydrogen-bond donors (Lipinski definition) is 1. The molecule has 0 saturated carbocycles. The van der Waals surface area contributed by atoms with Crippen LogP contribution in [0.2, 0.25) is 0 Å². The molecule has 0 fully saturated rings. The molecular weight excluding hydrogens is 122 g/mol. The van der Waals surface area contributed by atoms with Gasteiger partial charge in [0.15, 0.2) is 0 Å². The molecule has 2 heteroatoms. The molecule has 1 atom stereocenters. The Balaban J connectivity index is 2.97. The molecule has 0 rings (SSSR count). The van der Waals surface area contributed by atoms with Crippen LogP contribution in [-0.2, 0) is 0 Å². The average Bonchev–Trinajstić information content (AvgIpc) is 1.83. The first-order valence-corrected chi connectivity index (χ1v) is 3.25. The van der Waals surface area contributed by atoms with Gasteiger partial charge in [0.25, 0.3) is 0 Å². The highest BCUT2D eigenvalue weighted by atomic mass is 35.5. The van der Waals surface area contributed by atoms with Crippen molar-refractivity contribution < 1.29 is 0 Å². The number of rotatable bonds is 4. The predicted molar refractivity (Wildman–Crippen MR) is 38.4 cm³/mol. The highest BCUT2D eigenvalue weighted by molar-refractivity contribution is 6.18. The SMILES string of the molecule is C=CCNC(C)CCl. The van der Waals surface area contributed by atoms with Crippen LogP contribution in [0.25, 0.3) is 0 Å². The molecule has 8 heavy (non-hydrogen) atoms. The van der Waals surface area contributed by atoms with Crippen molar-refractivity contribution in [3.05, 3.63) is 12.7 Å². The minimum Gasteiger partial charge on any atom is -0.310 e. The van der Waals surface area contributed by atoms with Crippen molar-refractivity contribution in [1.29, 1.82) is 0 Å². The summed E-state index contributed by atoms with van der Waals surface area (Å²) in [4.78, 5) is 0. The average molecular weight is 134 g/mol. The van der Waals surface area contributed by atoms with E-state index >= 15 is 0 Å². The van der Waals surface area contributed by atoms with Crippen LogP contribution >= 0.6 is 11.6 Å². The molecule has 0 aromatic carbocycles. The molecule has 0 aliphatic carbocycles. The van der Waals surface area contributed by atoms with E-state index in [1.54, 1.807) is 0 Å². The largest absolute Gasteiger partial charge is 0.310 e. The highest BCUT2D eigenvalue weighted by Gasteiger charge is 1.92. The van der Waals surface area contributed by atoms with Gasteiger partial charge in [-0.25, -0.2) is 0 Å². The van der Waals surface area contributed by atoms with E-state index in [1.165, 1.54) is 0 Å². The maximum absolute atomic E-state index is 5.49. The number of halogens is 1. The summed E-state index contributed by atoms with van der Waals surface area (Å²) in [5, 5.41) is 3.13. The second-order valence-electron chi connectivity index (χ2n) is 1.75. The first kappa shape index (κ1) is 7.99. The first-order chi connectivity index (χ1) is 3.81. The molecule has 0 aliphatic rings. The van der Waals surface area contributed by atoms with E-state index < -0.39 is 0 Å². The van der Waals surface area contributed by atoms with E-state index in [0.29, 0.717) is 11.9 Å². The van der Waals surface area contributed by atoms with E-state index in [1.807, 2.05) is 13.0 Å². The molecule has 0 radical (unpaired) electrons. The number of nitrogens with one attached hydrogen (secondary N) is 1. The molecule has 48 valence electrons. The predicted octanol–water partition coefficient (Wildman–Crippen LogP) is 1.39. The normalized spacial score (nSPS) is 13.2. The summed E-state index contributed by atoms with van der Waals surface area (Å²) in [6.45, 7) is 6.44. The summed E-state index contributed by atoms with van der Waals surface area (Å²) < 4.78 is 0. The van der Waals surface area contributed by atoms with Gasteiger partial charge in [-0.15, -0.1) is 18.2 Å². The van der Waals surface area contributed by atoms with Gasteiger partial charge in [0.1, 0.15) is 0 Å².